The van der Waals surface area contributed by atoms with Gasteiger partial charge in [0.05, 0.1) is 23.8 Å². The van der Waals surface area contributed by atoms with Gasteiger partial charge in [0.2, 0.25) is 5.95 Å². The van der Waals surface area contributed by atoms with E-state index in [9.17, 15) is 0 Å². The summed E-state index contributed by atoms with van der Waals surface area (Å²) >= 11 is 1.51. The smallest absolute Gasteiger partial charge is 0.317 e. The predicted octanol–water partition coefficient (Wildman–Crippen LogP) is 4.28. The summed E-state index contributed by atoms with van der Waals surface area (Å²) in [5.74, 6) is 1.10. The molecule has 0 unspecified atom stereocenters. The SMILES string of the molecule is CN1CCC(c2cnc(Nc3ncc(-c4ccnc(OC5CCC6(CC5)COC6)n4)s3)nc2)CC1. The molecule has 3 aromatic rings. The zero-order valence-corrected chi connectivity index (χ0v) is 20.8. The van der Waals surface area contributed by atoms with E-state index in [4.69, 9.17) is 9.47 Å². The van der Waals surface area contributed by atoms with Gasteiger partial charge in [-0.15, -0.1) is 0 Å². The molecular formula is C25H31N7O2S. The highest BCUT2D eigenvalue weighted by Crippen LogP contribution is 2.43. The Balaban J connectivity index is 1.06. The van der Waals surface area contributed by atoms with Crippen molar-refractivity contribution in [1.29, 1.82) is 0 Å². The number of nitrogens with zero attached hydrogens (tertiary/aromatic N) is 6. The summed E-state index contributed by atoms with van der Waals surface area (Å²) in [6.45, 7) is 4.06. The van der Waals surface area contributed by atoms with Gasteiger partial charge in [-0.25, -0.2) is 19.9 Å². The van der Waals surface area contributed by atoms with Crippen LogP contribution in [0.3, 0.4) is 0 Å². The molecule has 1 spiro atoms. The summed E-state index contributed by atoms with van der Waals surface area (Å²) in [7, 11) is 2.17. The molecule has 184 valence electrons. The summed E-state index contributed by atoms with van der Waals surface area (Å²) in [6.07, 6.45) is 14.3. The Bertz CT molecular complexity index is 1130. The molecule has 1 aliphatic carbocycles. The molecule has 0 amide bonds. The summed E-state index contributed by atoms with van der Waals surface area (Å²) in [6, 6.07) is 2.32. The molecule has 1 saturated carbocycles. The number of thiazole rings is 1. The minimum atomic E-state index is 0.171. The van der Waals surface area contributed by atoms with Gasteiger partial charge in [0.25, 0.3) is 0 Å². The Labute approximate surface area is 209 Å². The third kappa shape index (κ3) is 5.14. The maximum absolute atomic E-state index is 6.13. The van der Waals surface area contributed by atoms with Gasteiger partial charge in [-0.1, -0.05) is 11.3 Å². The minimum absolute atomic E-state index is 0.171. The number of hydrogen-bond acceptors (Lipinski definition) is 10. The van der Waals surface area contributed by atoms with Crippen molar-refractivity contribution < 1.29 is 9.47 Å². The number of ether oxygens (including phenoxy) is 2. The maximum Gasteiger partial charge on any atom is 0.317 e. The lowest BCUT2D eigenvalue weighted by Crippen LogP contribution is -2.46. The monoisotopic (exact) mass is 493 g/mol. The quantitative estimate of drug-likeness (QED) is 0.539. The van der Waals surface area contributed by atoms with Gasteiger partial charge >= 0.3 is 6.01 Å². The Morgan fingerprint density at radius 3 is 2.51 bits per heavy atom. The highest BCUT2D eigenvalue weighted by molar-refractivity contribution is 7.18. The van der Waals surface area contributed by atoms with Gasteiger partial charge in [0.1, 0.15) is 6.10 Å². The predicted molar refractivity (Wildman–Crippen MR) is 134 cm³/mol. The Hall–Kier alpha value is -2.69. The van der Waals surface area contributed by atoms with E-state index in [1.807, 2.05) is 24.7 Å². The lowest BCUT2D eigenvalue weighted by molar-refractivity contribution is -0.140. The lowest BCUT2D eigenvalue weighted by atomic mass is 9.72. The van der Waals surface area contributed by atoms with Crippen molar-refractivity contribution >= 4 is 22.4 Å². The number of likely N-dealkylation sites (tertiary alicyclic amines) is 1. The molecule has 9 nitrogen and oxygen atoms in total. The largest absolute Gasteiger partial charge is 0.460 e. The number of rotatable bonds is 6. The molecule has 6 rings (SSSR count). The molecular weight excluding hydrogens is 462 g/mol. The molecule has 0 aromatic carbocycles. The van der Waals surface area contributed by atoms with Gasteiger partial charge in [-0.2, -0.15) is 4.98 Å². The van der Waals surface area contributed by atoms with Crippen molar-refractivity contribution in [2.75, 3.05) is 38.7 Å². The van der Waals surface area contributed by atoms with E-state index >= 15 is 0 Å². The molecule has 10 heteroatoms. The minimum Gasteiger partial charge on any atom is -0.460 e. The van der Waals surface area contributed by atoms with E-state index in [0.717, 1.165) is 80.5 Å². The first-order chi connectivity index (χ1) is 17.1. The Morgan fingerprint density at radius 1 is 1.03 bits per heavy atom. The molecule has 3 fully saturated rings. The Kier molecular flexibility index (Phi) is 6.34. The summed E-state index contributed by atoms with van der Waals surface area (Å²) in [5, 5.41) is 3.95. The number of piperidine rings is 1. The summed E-state index contributed by atoms with van der Waals surface area (Å²) < 4.78 is 11.6. The standard InChI is InChI=1S/C25H31N7O2S/c1-32-10-5-17(6-11-32)18-12-27-22(28-13-18)31-24-29-14-21(35-24)20-4-9-26-23(30-20)34-19-2-7-25(8-3-19)15-33-16-25/h4,9,12-14,17,19H,2-3,5-8,10-11,15-16H2,1H3,(H,27,28,29,31). The van der Waals surface area contributed by atoms with Crippen LogP contribution in [0.1, 0.15) is 50.0 Å². The Morgan fingerprint density at radius 2 is 1.80 bits per heavy atom. The van der Waals surface area contributed by atoms with Crippen molar-refractivity contribution in [3.05, 3.63) is 36.4 Å². The second-order valence-electron chi connectivity index (χ2n) is 10.1. The molecule has 0 bridgehead atoms. The van der Waals surface area contributed by atoms with E-state index in [-0.39, 0.29) is 6.10 Å². The second-order valence-corrected chi connectivity index (χ2v) is 11.1. The van der Waals surface area contributed by atoms with Crippen molar-refractivity contribution in [3.8, 4) is 16.6 Å². The van der Waals surface area contributed by atoms with E-state index < -0.39 is 0 Å². The first-order valence-corrected chi connectivity index (χ1v) is 13.3. The molecule has 35 heavy (non-hydrogen) atoms. The third-order valence-electron chi connectivity index (χ3n) is 7.55. The normalized spacial score (nSPS) is 21.1. The van der Waals surface area contributed by atoms with Gasteiger partial charge in [-0.3, -0.25) is 0 Å². The van der Waals surface area contributed by atoms with E-state index in [0.29, 0.717) is 23.3 Å². The topological polar surface area (TPSA) is 98.2 Å². The fourth-order valence-electron chi connectivity index (χ4n) is 5.19. The van der Waals surface area contributed by atoms with Crippen LogP contribution in [0.15, 0.2) is 30.9 Å². The second kappa shape index (κ2) is 9.75. The molecule has 2 aliphatic heterocycles. The summed E-state index contributed by atoms with van der Waals surface area (Å²) in [5.41, 5.74) is 2.43. The van der Waals surface area contributed by atoms with Crippen molar-refractivity contribution in [2.24, 2.45) is 5.41 Å². The first-order valence-electron chi connectivity index (χ1n) is 12.5. The number of anilines is 2. The number of nitrogens with one attached hydrogen (secondary N) is 1. The van der Waals surface area contributed by atoms with Gasteiger partial charge in [0, 0.05) is 30.2 Å². The zero-order valence-electron chi connectivity index (χ0n) is 20.0. The maximum atomic E-state index is 6.13. The molecule has 1 N–H and O–H groups in total. The molecule has 2 saturated heterocycles. The average molecular weight is 494 g/mol. The number of aromatic nitrogens is 5. The van der Waals surface area contributed by atoms with Crippen LogP contribution < -0.4 is 10.1 Å². The lowest BCUT2D eigenvalue weighted by Gasteiger charge is -2.45. The van der Waals surface area contributed by atoms with Crippen LogP contribution in [-0.2, 0) is 4.74 Å². The van der Waals surface area contributed by atoms with E-state index in [2.05, 4.69) is 42.2 Å². The van der Waals surface area contributed by atoms with Crippen LogP contribution in [0.4, 0.5) is 11.1 Å². The van der Waals surface area contributed by atoms with Crippen LogP contribution in [0.2, 0.25) is 0 Å². The highest BCUT2D eigenvalue weighted by Gasteiger charge is 2.42. The van der Waals surface area contributed by atoms with Crippen molar-refractivity contribution in [2.45, 2.75) is 50.5 Å². The van der Waals surface area contributed by atoms with Crippen LogP contribution in [0.5, 0.6) is 6.01 Å². The molecule has 3 aliphatic rings. The molecule has 5 heterocycles. The third-order valence-corrected chi connectivity index (χ3v) is 8.49. The van der Waals surface area contributed by atoms with E-state index in [1.165, 1.54) is 16.9 Å². The van der Waals surface area contributed by atoms with Gasteiger partial charge < -0.3 is 19.7 Å². The highest BCUT2D eigenvalue weighted by atomic mass is 32.1. The zero-order chi connectivity index (χ0) is 23.7. The van der Waals surface area contributed by atoms with Crippen molar-refractivity contribution in [3.63, 3.8) is 0 Å². The van der Waals surface area contributed by atoms with Crippen LogP contribution in [-0.4, -0.2) is 69.3 Å². The van der Waals surface area contributed by atoms with Crippen LogP contribution >= 0.6 is 11.3 Å². The van der Waals surface area contributed by atoms with Crippen LogP contribution in [0.25, 0.3) is 10.6 Å². The molecule has 0 atom stereocenters. The average Bonchev–Trinajstić information content (AvgIpc) is 3.33. The number of hydrogen-bond donors (Lipinski definition) is 1. The summed E-state index contributed by atoms with van der Waals surface area (Å²) in [4.78, 5) is 25.9. The molecule has 0 radical (unpaired) electrons. The van der Waals surface area contributed by atoms with E-state index in [1.54, 1.807) is 6.20 Å². The van der Waals surface area contributed by atoms with Crippen LogP contribution in [0, 0.1) is 5.41 Å². The van der Waals surface area contributed by atoms with Crippen molar-refractivity contribution in [1.82, 2.24) is 29.8 Å². The fraction of sp³-hybridized carbons (Fsp3) is 0.560. The first kappa shape index (κ1) is 22.8. The van der Waals surface area contributed by atoms with Gasteiger partial charge in [-0.05, 0) is 76.2 Å². The molecule has 3 aromatic heterocycles. The fourth-order valence-corrected chi connectivity index (χ4v) is 5.97. The van der Waals surface area contributed by atoms with Gasteiger partial charge in [0.15, 0.2) is 5.13 Å².